The van der Waals surface area contributed by atoms with Gasteiger partial charge in [-0.15, -0.1) is 0 Å². The van der Waals surface area contributed by atoms with Gasteiger partial charge in [-0.2, -0.15) is 0 Å². The van der Waals surface area contributed by atoms with Crippen molar-refractivity contribution in [3.8, 4) is 16.9 Å². The number of hydrogen-bond acceptors (Lipinski definition) is 4. The third kappa shape index (κ3) is 3.24. The van der Waals surface area contributed by atoms with Crippen molar-refractivity contribution < 1.29 is 17.9 Å². The molecule has 2 N–H and O–H groups in total. The summed E-state index contributed by atoms with van der Waals surface area (Å²) >= 11 is 5.94. The molecule has 2 aromatic rings. The molecule has 0 fully saturated rings. The number of nitrogens with two attached hydrogens (primary N) is 1. The Kier molecular flexibility index (Phi) is 4.32. The van der Waals surface area contributed by atoms with Crippen LogP contribution in [-0.4, -0.2) is 21.8 Å². The van der Waals surface area contributed by atoms with E-state index in [9.17, 15) is 13.2 Å². The molecule has 0 saturated heterocycles. The van der Waals surface area contributed by atoms with Crippen molar-refractivity contribution >= 4 is 27.9 Å². The Morgan fingerprint density at radius 2 is 1.95 bits per heavy atom. The number of ether oxygens (including phenoxy) is 1. The van der Waals surface area contributed by atoms with Gasteiger partial charge in [-0.1, -0.05) is 23.7 Å². The maximum absolute atomic E-state index is 11.5. The highest BCUT2D eigenvalue weighted by Gasteiger charge is 2.18. The summed E-state index contributed by atoms with van der Waals surface area (Å²) < 4.78 is 28.3. The van der Waals surface area contributed by atoms with Crippen molar-refractivity contribution in [2.75, 3.05) is 7.11 Å². The lowest BCUT2D eigenvalue weighted by atomic mass is 10.0. The number of carbonyl (C=O) groups is 1. The van der Waals surface area contributed by atoms with Gasteiger partial charge in [0.2, 0.25) is 10.0 Å². The summed E-state index contributed by atoms with van der Waals surface area (Å²) in [6.45, 7) is 0. The smallest absolute Gasteiger partial charge is 0.238 e. The molecule has 0 amide bonds. The summed E-state index contributed by atoms with van der Waals surface area (Å²) in [5.41, 5.74) is 1.14. The summed E-state index contributed by atoms with van der Waals surface area (Å²) in [5, 5.41) is 5.61. The van der Waals surface area contributed by atoms with Gasteiger partial charge in [0.25, 0.3) is 0 Å². The van der Waals surface area contributed by atoms with Crippen LogP contribution < -0.4 is 9.88 Å². The van der Waals surface area contributed by atoms with Crippen LogP contribution in [0.1, 0.15) is 10.4 Å². The Balaban J connectivity index is 2.82. The van der Waals surface area contributed by atoms with E-state index in [2.05, 4.69) is 0 Å². The maximum Gasteiger partial charge on any atom is 0.238 e. The molecule has 0 aromatic heterocycles. The molecule has 21 heavy (non-hydrogen) atoms. The molecular weight excluding hydrogens is 314 g/mol. The standard InChI is InChI=1S/C14H12ClNO4S/c1-20-14-10(8-17)6-12(21(16,18)19)7-13(14)9-3-2-4-11(15)5-9/h2-8H,1H3,(H2,16,18,19). The van der Waals surface area contributed by atoms with Gasteiger partial charge < -0.3 is 4.74 Å². The van der Waals surface area contributed by atoms with Gasteiger partial charge in [0.1, 0.15) is 5.75 Å². The topological polar surface area (TPSA) is 86.5 Å². The van der Waals surface area contributed by atoms with Gasteiger partial charge in [-0.05, 0) is 29.8 Å². The Bertz CT molecular complexity index is 803. The number of aldehydes is 1. The lowest BCUT2D eigenvalue weighted by Crippen LogP contribution is -2.13. The fraction of sp³-hybridized carbons (Fsp3) is 0.0714. The van der Waals surface area contributed by atoms with E-state index in [0.717, 1.165) is 0 Å². The second kappa shape index (κ2) is 5.85. The highest BCUT2D eigenvalue weighted by Crippen LogP contribution is 2.35. The van der Waals surface area contributed by atoms with Gasteiger partial charge in [0.05, 0.1) is 17.6 Å². The van der Waals surface area contributed by atoms with E-state index in [1.165, 1.54) is 19.2 Å². The second-order valence-electron chi connectivity index (χ2n) is 4.27. The van der Waals surface area contributed by atoms with E-state index in [4.69, 9.17) is 21.5 Å². The molecule has 0 heterocycles. The van der Waals surface area contributed by atoms with Crippen molar-refractivity contribution in [3.63, 3.8) is 0 Å². The Labute approximate surface area is 127 Å². The van der Waals surface area contributed by atoms with E-state index >= 15 is 0 Å². The first kappa shape index (κ1) is 15.5. The lowest BCUT2D eigenvalue weighted by molar-refractivity contribution is 0.112. The highest BCUT2D eigenvalue weighted by molar-refractivity contribution is 7.89. The number of benzene rings is 2. The minimum atomic E-state index is -3.95. The number of rotatable bonds is 4. The van der Waals surface area contributed by atoms with E-state index in [0.29, 0.717) is 22.4 Å². The summed E-state index contributed by atoms with van der Waals surface area (Å²) in [4.78, 5) is 11.0. The predicted octanol–water partition coefficient (Wildman–Crippen LogP) is 2.48. The molecule has 5 nitrogen and oxygen atoms in total. The molecule has 2 rings (SSSR count). The molecular formula is C14H12ClNO4S. The van der Waals surface area contributed by atoms with Crippen LogP contribution in [0.3, 0.4) is 0 Å². The second-order valence-corrected chi connectivity index (χ2v) is 6.26. The number of halogens is 1. The van der Waals surface area contributed by atoms with Crippen LogP contribution in [0.15, 0.2) is 41.3 Å². The molecule has 0 bridgehead atoms. The Morgan fingerprint density at radius 3 is 2.48 bits per heavy atom. The zero-order chi connectivity index (χ0) is 15.6. The first-order chi connectivity index (χ1) is 9.86. The zero-order valence-electron chi connectivity index (χ0n) is 11.0. The van der Waals surface area contributed by atoms with Crippen molar-refractivity contribution in [1.82, 2.24) is 0 Å². The molecule has 0 radical (unpaired) electrons. The van der Waals surface area contributed by atoms with Crippen molar-refractivity contribution in [2.24, 2.45) is 5.14 Å². The zero-order valence-corrected chi connectivity index (χ0v) is 12.6. The molecule has 0 saturated carbocycles. The Morgan fingerprint density at radius 1 is 1.24 bits per heavy atom. The van der Waals surface area contributed by atoms with Crippen LogP contribution in [0.5, 0.6) is 5.75 Å². The average molecular weight is 326 g/mol. The average Bonchev–Trinajstić information content (AvgIpc) is 2.44. The molecule has 0 aliphatic heterocycles. The maximum atomic E-state index is 11.5. The quantitative estimate of drug-likeness (QED) is 0.875. The van der Waals surface area contributed by atoms with Crippen LogP contribution in [0.25, 0.3) is 11.1 Å². The van der Waals surface area contributed by atoms with Gasteiger partial charge in [0, 0.05) is 10.6 Å². The molecule has 110 valence electrons. The first-order valence-electron chi connectivity index (χ1n) is 5.82. The van der Waals surface area contributed by atoms with Gasteiger partial charge in [-0.25, -0.2) is 13.6 Å². The monoisotopic (exact) mass is 325 g/mol. The van der Waals surface area contributed by atoms with Crippen LogP contribution in [0, 0.1) is 0 Å². The lowest BCUT2D eigenvalue weighted by Gasteiger charge is -2.13. The highest BCUT2D eigenvalue weighted by atomic mass is 35.5. The number of carbonyl (C=O) groups excluding carboxylic acids is 1. The normalized spacial score (nSPS) is 11.2. The van der Waals surface area contributed by atoms with E-state index in [1.807, 2.05) is 0 Å². The third-order valence-electron chi connectivity index (χ3n) is 2.89. The number of methoxy groups -OCH3 is 1. The summed E-state index contributed by atoms with van der Waals surface area (Å²) in [5.74, 6) is 0.264. The Hall–Kier alpha value is -1.89. The van der Waals surface area contributed by atoms with Crippen LogP contribution >= 0.6 is 11.6 Å². The predicted molar refractivity (Wildman–Crippen MR) is 80.2 cm³/mol. The van der Waals surface area contributed by atoms with E-state index < -0.39 is 10.0 Å². The summed E-state index contributed by atoms with van der Waals surface area (Å²) in [6.07, 6.45) is 0.515. The van der Waals surface area contributed by atoms with E-state index in [-0.39, 0.29) is 16.2 Å². The first-order valence-corrected chi connectivity index (χ1v) is 7.75. The number of hydrogen-bond donors (Lipinski definition) is 1. The van der Waals surface area contributed by atoms with Crippen molar-refractivity contribution in [3.05, 3.63) is 47.0 Å². The molecule has 0 spiro atoms. The van der Waals surface area contributed by atoms with Crippen molar-refractivity contribution in [2.45, 2.75) is 4.90 Å². The fourth-order valence-electron chi connectivity index (χ4n) is 1.97. The molecule has 2 aromatic carbocycles. The van der Waals surface area contributed by atoms with E-state index in [1.54, 1.807) is 24.3 Å². The number of primary sulfonamides is 1. The molecule has 7 heteroatoms. The van der Waals surface area contributed by atoms with Gasteiger partial charge in [-0.3, -0.25) is 4.79 Å². The van der Waals surface area contributed by atoms with Gasteiger partial charge in [0.15, 0.2) is 6.29 Å². The molecule has 0 atom stereocenters. The van der Waals surface area contributed by atoms with Crippen LogP contribution in [0.2, 0.25) is 5.02 Å². The minimum Gasteiger partial charge on any atom is -0.495 e. The molecule has 0 aliphatic rings. The van der Waals surface area contributed by atoms with Crippen molar-refractivity contribution in [1.29, 1.82) is 0 Å². The SMILES string of the molecule is COc1c(C=O)cc(S(N)(=O)=O)cc1-c1cccc(Cl)c1. The molecule has 0 unspecified atom stereocenters. The van der Waals surface area contributed by atoms with Crippen LogP contribution in [-0.2, 0) is 10.0 Å². The van der Waals surface area contributed by atoms with Crippen LogP contribution in [0.4, 0.5) is 0 Å². The largest absolute Gasteiger partial charge is 0.495 e. The fourth-order valence-corrected chi connectivity index (χ4v) is 2.74. The molecule has 0 aliphatic carbocycles. The third-order valence-corrected chi connectivity index (χ3v) is 4.01. The summed E-state index contributed by atoms with van der Waals surface area (Å²) in [6, 6.07) is 9.29. The summed E-state index contributed by atoms with van der Waals surface area (Å²) in [7, 11) is -2.55. The van der Waals surface area contributed by atoms with Gasteiger partial charge >= 0.3 is 0 Å². The minimum absolute atomic E-state index is 0.0963. The number of sulfonamides is 1.